The van der Waals surface area contributed by atoms with Crippen LogP contribution in [0.5, 0.6) is 5.75 Å². The van der Waals surface area contributed by atoms with E-state index in [4.69, 9.17) is 39.5 Å². The van der Waals surface area contributed by atoms with Crippen LogP contribution >= 0.6 is 34.8 Å². The number of hydrogen-bond donors (Lipinski definition) is 1. The number of methoxy groups -OCH3 is 1. The second-order valence-electron chi connectivity index (χ2n) is 7.80. The molecule has 2 aliphatic heterocycles. The van der Waals surface area contributed by atoms with Gasteiger partial charge in [-0.05, 0) is 42.7 Å². The Morgan fingerprint density at radius 1 is 1.13 bits per heavy atom. The first-order valence-corrected chi connectivity index (χ1v) is 10.8. The van der Waals surface area contributed by atoms with Crippen LogP contribution in [0.4, 0.5) is 0 Å². The minimum absolute atomic E-state index is 0.0152. The van der Waals surface area contributed by atoms with Gasteiger partial charge < -0.3 is 14.6 Å². The number of likely N-dealkylation sites (tertiary alicyclic amines) is 1. The molecule has 1 fully saturated rings. The van der Waals surface area contributed by atoms with E-state index in [-0.39, 0.29) is 23.3 Å². The molecular weight excluding hydrogens is 449 g/mol. The van der Waals surface area contributed by atoms with Crippen LogP contribution < -0.4 is 15.6 Å². The molecule has 0 saturated carbocycles. The quantitative estimate of drug-likeness (QED) is 0.696. The molecular formula is C21H22Cl3N3O3. The van der Waals surface area contributed by atoms with E-state index in [0.29, 0.717) is 30.9 Å². The second-order valence-corrected chi connectivity index (χ2v) is 10.2. The highest BCUT2D eigenvalue weighted by atomic mass is 35.6. The molecule has 30 heavy (non-hydrogen) atoms. The fourth-order valence-corrected chi connectivity index (χ4v) is 5.05. The molecule has 6 nitrogen and oxygen atoms in total. The standard InChI is InChI=1S/C21H22Cl3N3O3/c1-30-16-7-5-14(6-8-16)19(29)25-20(21(22,23)24)26-10-13-9-15(12-26)17-3-2-4-18(28)27(17)11-13/h2-8,13,15,20H,9-12H2,1H3,(H,25,29)/t13-,15-,20-/m0/s1. The van der Waals surface area contributed by atoms with Crippen molar-refractivity contribution in [1.82, 2.24) is 14.8 Å². The summed E-state index contributed by atoms with van der Waals surface area (Å²) in [6.45, 7) is 1.83. The zero-order valence-electron chi connectivity index (χ0n) is 16.4. The number of carbonyl (C=O) groups excluding carboxylic acids is 1. The molecule has 2 bridgehead atoms. The molecule has 2 aromatic rings. The number of piperidine rings is 1. The number of hydrogen-bond acceptors (Lipinski definition) is 4. The summed E-state index contributed by atoms with van der Waals surface area (Å²) in [6, 6.07) is 12.1. The third-order valence-corrected chi connectivity index (χ3v) is 6.42. The van der Waals surface area contributed by atoms with Crippen molar-refractivity contribution in [2.24, 2.45) is 5.92 Å². The highest BCUT2D eigenvalue weighted by molar-refractivity contribution is 6.68. The van der Waals surface area contributed by atoms with E-state index in [1.54, 1.807) is 43.5 Å². The lowest BCUT2D eigenvalue weighted by molar-refractivity contribution is 0.0586. The van der Waals surface area contributed by atoms with Gasteiger partial charge in [0.05, 0.1) is 7.11 Å². The molecule has 1 saturated heterocycles. The fourth-order valence-electron chi connectivity index (χ4n) is 4.47. The molecule has 3 atom stereocenters. The van der Waals surface area contributed by atoms with Gasteiger partial charge in [0.25, 0.3) is 11.5 Å². The first-order valence-electron chi connectivity index (χ1n) is 9.71. The molecule has 4 rings (SSSR count). The van der Waals surface area contributed by atoms with Gasteiger partial charge in [0.2, 0.25) is 3.79 Å². The number of amides is 1. The van der Waals surface area contributed by atoms with Crippen LogP contribution in [0, 0.1) is 5.92 Å². The maximum absolute atomic E-state index is 12.8. The number of alkyl halides is 3. The van der Waals surface area contributed by atoms with Crippen molar-refractivity contribution >= 4 is 40.7 Å². The van der Waals surface area contributed by atoms with Gasteiger partial charge >= 0.3 is 0 Å². The highest BCUT2D eigenvalue weighted by Crippen LogP contribution is 2.40. The summed E-state index contributed by atoms with van der Waals surface area (Å²) >= 11 is 18.9. The number of fused-ring (bicyclic) bond motifs is 4. The van der Waals surface area contributed by atoms with Crippen LogP contribution in [0.1, 0.15) is 28.4 Å². The van der Waals surface area contributed by atoms with Crippen molar-refractivity contribution in [2.75, 3.05) is 20.2 Å². The molecule has 1 aromatic carbocycles. The summed E-state index contributed by atoms with van der Waals surface area (Å²) < 4.78 is 5.26. The predicted octanol–water partition coefficient (Wildman–Crippen LogP) is 3.40. The van der Waals surface area contributed by atoms with Gasteiger partial charge in [0.1, 0.15) is 11.9 Å². The predicted molar refractivity (Wildman–Crippen MR) is 118 cm³/mol. The molecule has 1 amide bonds. The lowest BCUT2D eigenvalue weighted by atomic mass is 9.83. The van der Waals surface area contributed by atoms with E-state index in [2.05, 4.69) is 5.32 Å². The molecule has 1 aromatic heterocycles. The van der Waals surface area contributed by atoms with Gasteiger partial charge in [-0.2, -0.15) is 0 Å². The maximum Gasteiger partial charge on any atom is 0.252 e. The largest absolute Gasteiger partial charge is 0.497 e. The van der Waals surface area contributed by atoms with Crippen molar-refractivity contribution in [3.05, 3.63) is 64.1 Å². The zero-order chi connectivity index (χ0) is 21.5. The minimum atomic E-state index is -1.72. The lowest BCUT2D eigenvalue weighted by Gasteiger charge is -2.47. The summed E-state index contributed by atoms with van der Waals surface area (Å²) in [7, 11) is 1.56. The van der Waals surface area contributed by atoms with Crippen LogP contribution in [-0.2, 0) is 6.54 Å². The molecule has 1 N–H and O–H groups in total. The third kappa shape index (κ3) is 4.33. The third-order valence-electron chi connectivity index (χ3n) is 5.80. The Hall–Kier alpha value is -1.73. The van der Waals surface area contributed by atoms with Gasteiger partial charge in [-0.15, -0.1) is 0 Å². The molecule has 3 heterocycles. The Morgan fingerprint density at radius 3 is 2.53 bits per heavy atom. The monoisotopic (exact) mass is 469 g/mol. The summed E-state index contributed by atoms with van der Waals surface area (Å²) in [5, 5.41) is 2.89. The van der Waals surface area contributed by atoms with Gasteiger partial charge in [-0.25, -0.2) is 0 Å². The zero-order valence-corrected chi connectivity index (χ0v) is 18.6. The number of ether oxygens (including phenoxy) is 1. The Bertz CT molecular complexity index is 987. The van der Waals surface area contributed by atoms with Crippen LogP contribution in [0.15, 0.2) is 47.3 Å². The van der Waals surface area contributed by atoms with Crippen LogP contribution in [0.3, 0.4) is 0 Å². The first kappa shape index (κ1) is 21.5. The number of nitrogens with one attached hydrogen (secondary N) is 1. The summed E-state index contributed by atoms with van der Waals surface area (Å²) in [5.41, 5.74) is 1.46. The van der Waals surface area contributed by atoms with E-state index in [9.17, 15) is 9.59 Å². The Kier molecular flexibility index (Phi) is 6.04. The van der Waals surface area contributed by atoms with Crippen molar-refractivity contribution in [3.8, 4) is 5.75 Å². The number of rotatable bonds is 4. The lowest BCUT2D eigenvalue weighted by Crippen LogP contribution is -2.60. The smallest absolute Gasteiger partial charge is 0.252 e. The first-order chi connectivity index (χ1) is 14.3. The van der Waals surface area contributed by atoms with Crippen LogP contribution in [-0.4, -0.2) is 45.5 Å². The summed E-state index contributed by atoms with van der Waals surface area (Å²) in [4.78, 5) is 27.1. The van der Waals surface area contributed by atoms with Gasteiger partial charge in [0.15, 0.2) is 0 Å². The maximum atomic E-state index is 12.8. The molecule has 160 valence electrons. The average Bonchev–Trinajstić information content (AvgIpc) is 2.71. The number of halogens is 3. The number of aromatic nitrogens is 1. The Morgan fingerprint density at radius 2 is 1.87 bits per heavy atom. The van der Waals surface area contributed by atoms with E-state index in [1.165, 1.54) is 0 Å². The normalized spacial score (nSPS) is 22.1. The fraction of sp³-hybridized carbons (Fsp3) is 0.429. The minimum Gasteiger partial charge on any atom is -0.497 e. The molecule has 0 unspecified atom stereocenters. The van der Waals surface area contributed by atoms with Crippen molar-refractivity contribution in [3.63, 3.8) is 0 Å². The van der Waals surface area contributed by atoms with Crippen molar-refractivity contribution in [2.45, 2.75) is 28.8 Å². The number of nitrogens with zero attached hydrogens (tertiary/aromatic N) is 2. The number of carbonyl (C=O) groups is 1. The topological polar surface area (TPSA) is 63.6 Å². The highest BCUT2D eigenvalue weighted by Gasteiger charge is 2.44. The molecule has 0 radical (unpaired) electrons. The van der Waals surface area contributed by atoms with Crippen LogP contribution in [0.25, 0.3) is 0 Å². The van der Waals surface area contributed by atoms with Gasteiger partial charge in [0, 0.05) is 42.9 Å². The van der Waals surface area contributed by atoms with E-state index >= 15 is 0 Å². The molecule has 9 heteroatoms. The van der Waals surface area contributed by atoms with Crippen molar-refractivity contribution in [1.29, 1.82) is 0 Å². The average molecular weight is 471 g/mol. The molecule has 0 aliphatic carbocycles. The molecule has 0 spiro atoms. The molecule has 2 aliphatic rings. The van der Waals surface area contributed by atoms with Gasteiger partial charge in [-0.1, -0.05) is 40.9 Å². The van der Waals surface area contributed by atoms with Crippen molar-refractivity contribution < 1.29 is 9.53 Å². The van der Waals surface area contributed by atoms with E-state index < -0.39 is 9.96 Å². The summed E-state index contributed by atoms with van der Waals surface area (Å²) in [6.07, 6.45) is 0.170. The number of pyridine rings is 1. The number of benzene rings is 1. The Labute approximate surface area is 189 Å². The second kappa shape index (κ2) is 8.42. The van der Waals surface area contributed by atoms with Crippen LogP contribution in [0.2, 0.25) is 0 Å². The summed E-state index contributed by atoms with van der Waals surface area (Å²) in [5.74, 6) is 0.701. The SMILES string of the molecule is COc1ccc(C(=O)N[C@@H](N2C[C@@H]3C[C@@H](C2)c2cccc(=O)n2C3)C(Cl)(Cl)Cl)cc1. The van der Waals surface area contributed by atoms with E-state index in [0.717, 1.165) is 12.1 Å². The Balaban J connectivity index is 1.56. The van der Waals surface area contributed by atoms with Gasteiger partial charge in [-0.3, -0.25) is 14.5 Å². The van der Waals surface area contributed by atoms with E-state index in [1.807, 2.05) is 15.5 Å².